The lowest BCUT2D eigenvalue weighted by Gasteiger charge is -2.47. The second-order valence-electron chi connectivity index (χ2n) is 16.9. The first-order valence-corrected chi connectivity index (χ1v) is 20.0. The van der Waals surface area contributed by atoms with Crippen LogP contribution in [0.1, 0.15) is 86.6 Å². The Morgan fingerprint density at radius 3 is 2.35 bits per heavy atom. The number of nitrogens with zero attached hydrogens (tertiary/aromatic N) is 4. The van der Waals surface area contributed by atoms with Gasteiger partial charge in [-0.15, -0.1) is 0 Å². The number of esters is 1. The van der Waals surface area contributed by atoms with E-state index in [2.05, 4.69) is 0 Å². The van der Waals surface area contributed by atoms with E-state index in [4.69, 9.17) is 23.7 Å². The third kappa shape index (κ3) is 8.45. The number of hydroxylamine groups is 1. The Morgan fingerprint density at radius 1 is 1.05 bits per heavy atom. The number of amides is 1. The van der Waals surface area contributed by atoms with E-state index in [9.17, 15) is 24.7 Å². The molecule has 5 rings (SSSR count). The van der Waals surface area contributed by atoms with Gasteiger partial charge in [-0.2, -0.15) is 9.75 Å². The van der Waals surface area contributed by atoms with Crippen LogP contribution in [0, 0.1) is 28.9 Å². The largest absolute Gasteiger partial charge is 0.623 e. The van der Waals surface area contributed by atoms with E-state index in [0.29, 0.717) is 31.5 Å². The van der Waals surface area contributed by atoms with Crippen LogP contribution in [0.4, 0.5) is 4.79 Å². The van der Waals surface area contributed by atoms with Gasteiger partial charge in [0.25, 0.3) is 0 Å². The number of ketones is 1. The number of aliphatic hydroxyl groups excluding tert-OH is 1. The molecule has 1 aromatic carbocycles. The van der Waals surface area contributed by atoms with Gasteiger partial charge in [0.1, 0.15) is 24.2 Å². The maximum Gasteiger partial charge on any atom is 0.425 e. The average Bonchev–Trinajstić information content (AvgIpc) is 3.35. The fraction of sp³-hybridized carbons (Fsp3) is 0.756. The van der Waals surface area contributed by atoms with Gasteiger partial charge in [0.15, 0.2) is 23.4 Å². The topological polar surface area (TPSA) is 153 Å². The molecule has 0 aliphatic carbocycles. The molecule has 4 heterocycles. The average molecular weight is 773 g/mol. The van der Waals surface area contributed by atoms with E-state index in [1.165, 1.54) is 14.0 Å². The van der Waals surface area contributed by atoms with Crippen LogP contribution in [0.15, 0.2) is 30.3 Å². The molecule has 308 valence electrons. The lowest BCUT2D eigenvalue weighted by atomic mass is 9.73. The molecule has 4 aliphatic rings. The Bertz CT molecular complexity index is 1560. The highest BCUT2D eigenvalue weighted by Crippen LogP contribution is 2.44. The third-order valence-electron chi connectivity index (χ3n) is 12.7. The first kappa shape index (κ1) is 43.0. The molecule has 0 saturated carbocycles. The predicted molar refractivity (Wildman–Crippen MR) is 205 cm³/mol. The number of carbonyl (C=O) groups excluding carboxylic acids is 3. The minimum absolute atomic E-state index is 0.126. The normalized spacial score (nSPS) is 39.5. The quantitative estimate of drug-likeness (QED) is 0.164. The Balaban J connectivity index is 1.60. The lowest BCUT2D eigenvalue weighted by Crippen LogP contribution is -2.61. The highest BCUT2D eigenvalue weighted by molar-refractivity contribution is 6.00. The van der Waals surface area contributed by atoms with Crippen LogP contribution >= 0.6 is 0 Å². The molecule has 2 bridgehead atoms. The molecule has 0 spiro atoms. The third-order valence-corrected chi connectivity index (χ3v) is 12.7. The number of methoxy groups -OCH3 is 1. The second-order valence-corrected chi connectivity index (χ2v) is 16.9. The number of ether oxygens (including phenoxy) is 5. The first-order valence-electron chi connectivity index (χ1n) is 20.0. The summed E-state index contributed by atoms with van der Waals surface area (Å²) in [7, 11) is 5.30. The fourth-order valence-electron chi connectivity index (χ4n) is 9.70. The van der Waals surface area contributed by atoms with Crippen molar-refractivity contribution in [3.63, 3.8) is 0 Å². The van der Waals surface area contributed by atoms with Crippen molar-refractivity contribution < 1.29 is 47.9 Å². The van der Waals surface area contributed by atoms with Gasteiger partial charge in [-0.05, 0) is 79.5 Å². The van der Waals surface area contributed by atoms with E-state index in [1.807, 2.05) is 83.9 Å². The van der Waals surface area contributed by atoms with Crippen LogP contribution in [0.25, 0.3) is 0 Å². The van der Waals surface area contributed by atoms with Crippen LogP contribution < -0.4 is 0 Å². The summed E-state index contributed by atoms with van der Waals surface area (Å²) in [5.74, 6) is -4.35. The highest BCUT2D eigenvalue weighted by atomic mass is 16.7. The molecule has 1 amide bonds. The lowest BCUT2D eigenvalue weighted by molar-refractivity contribution is -0.494. The van der Waals surface area contributed by atoms with Gasteiger partial charge < -0.3 is 38.9 Å². The Hall–Kier alpha value is -3.14. The molecule has 14 heteroatoms. The molecular weight excluding hydrogens is 708 g/mol. The molecule has 3 fully saturated rings. The maximum absolute atomic E-state index is 14.5. The van der Waals surface area contributed by atoms with Crippen LogP contribution in [-0.2, 0) is 39.7 Å². The van der Waals surface area contributed by atoms with Crippen molar-refractivity contribution in [1.82, 2.24) is 14.9 Å². The second kappa shape index (κ2) is 17.2. The number of hydrazine groups is 1. The van der Waals surface area contributed by atoms with Gasteiger partial charge in [0.2, 0.25) is 6.67 Å². The molecule has 0 aromatic heterocycles. The summed E-state index contributed by atoms with van der Waals surface area (Å²) in [6.45, 7) is 14.7. The van der Waals surface area contributed by atoms with Gasteiger partial charge in [0.05, 0.1) is 23.7 Å². The summed E-state index contributed by atoms with van der Waals surface area (Å²) in [4.78, 5) is 44.3. The van der Waals surface area contributed by atoms with E-state index >= 15 is 0 Å². The molecule has 55 heavy (non-hydrogen) atoms. The van der Waals surface area contributed by atoms with Gasteiger partial charge in [-0.3, -0.25) is 9.59 Å². The summed E-state index contributed by atoms with van der Waals surface area (Å²) in [6.07, 6.45) is -2.47. The van der Waals surface area contributed by atoms with E-state index < -0.39 is 83.4 Å². The van der Waals surface area contributed by atoms with Crippen LogP contribution in [0.2, 0.25) is 0 Å². The van der Waals surface area contributed by atoms with Crippen LogP contribution in [0.5, 0.6) is 0 Å². The van der Waals surface area contributed by atoms with Crippen molar-refractivity contribution in [2.45, 2.75) is 141 Å². The van der Waals surface area contributed by atoms with Crippen molar-refractivity contribution in [1.29, 1.82) is 0 Å². The van der Waals surface area contributed by atoms with E-state index in [1.54, 1.807) is 23.9 Å². The van der Waals surface area contributed by atoms with Crippen molar-refractivity contribution in [3.8, 4) is 0 Å². The summed E-state index contributed by atoms with van der Waals surface area (Å²) in [5, 5.41) is 29.4. The molecule has 14 nitrogen and oxygen atoms in total. The zero-order valence-corrected chi connectivity index (χ0v) is 34.6. The standard InChI is InChI=1S/C41H64N4O10/c1-12-31-41(8)35-26(4)32(44(50)23-43(45(35)39(49)55-41)20-16-19-29-17-14-13-15-18-29)24(2)22-40(7,51-11)36(27(5)33(46)28(6)37(48)53-31)54-38-34(47)30(42(9)10)21-25(3)52-38/h13-15,17-18,24-28,30-31,34-36,38,47H,12,16,19-23H2,1-11H3/t24-,25-,26+,27+,28-,30+,31-,34-,35-,36-,38+,40+,41-/m1/s1. The number of hydrogen-bond acceptors (Lipinski definition) is 12. The van der Waals surface area contributed by atoms with Crippen LogP contribution in [-0.4, -0.2) is 137 Å². The van der Waals surface area contributed by atoms with Crippen LogP contribution in [0.3, 0.4) is 0 Å². The monoisotopic (exact) mass is 772 g/mol. The molecule has 1 N–H and O–H groups in total. The number of cyclic esters (lactones) is 1. The smallest absolute Gasteiger partial charge is 0.425 e. The Morgan fingerprint density at radius 2 is 1.73 bits per heavy atom. The molecule has 0 radical (unpaired) electrons. The maximum atomic E-state index is 14.5. The predicted octanol–water partition coefficient (Wildman–Crippen LogP) is 4.39. The number of benzene rings is 1. The number of aryl methyl sites for hydroxylation is 1. The summed E-state index contributed by atoms with van der Waals surface area (Å²) in [6, 6.07) is 9.03. The van der Waals surface area contributed by atoms with Crippen molar-refractivity contribution in [3.05, 3.63) is 41.1 Å². The summed E-state index contributed by atoms with van der Waals surface area (Å²) >= 11 is 0. The molecular formula is C41H64N4O10. The fourth-order valence-corrected chi connectivity index (χ4v) is 9.70. The molecule has 1 aromatic rings. The zero-order valence-electron chi connectivity index (χ0n) is 34.6. The number of likely N-dealkylation sites (N-methyl/N-ethyl adjacent to an activating group) is 1. The Labute approximate surface area is 326 Å². The zero-order chi connectivity index (χ0) is 40.6. The minimum Gasteiger partial charge on any atom is -0.623 e. The number of carbonyl (C=O) groups is 3. The van der Waals surface area contributed by atoms with Gasteiger partial charge in [-0.1, -0.05) is 58.0 Å². The molecule has 13 atom stereocenters. The van der Waals surface area contributed by atoms with Crippen molar-refractivity contribution in [2.75, 3.05) is 34.4 Å². The number of fused-ring (bicyclic) bond motifs is 1. The number of hydrogen-bond donors (Lipinski definition) is 1. The highest BCUT2D eigenvalue weighted by Gasteiger charge is 2.63. The van der Waals surface area contributed by atoms with E-state index in [-0.39, 0.29) is 25.2 Å². The van der Waals surface area contributed by atoms with Gasteiger partial charge in [0, 0.05) is 31.5 Å². The number of aliphatic hydroxyl groups is 1. The SMILES string of the molecule is CC[C@H]1OC(=O)[C@H](C)C(=O)[C@H](C)[C@@H](O[C@@H]2O[C@H](C)C[C@H](N(C)C)[C@H]2O)[C@@](C)(OC)C[C@@H](C)C2=[N+]([O-])CN(CCCc3ccccc3)N3C(=O)O[C@@]1(C)[C@H]3[C@H]2C. The van der Waals surface area contributed by atoms with Crippen molar-refractivity contribution >= 4 is 23.6 Å². The first-order chi connectivity index (χ1) is 25.9. The summed E-state index contributed by atoms with van der Waals surface area (Å²) < 4.78 is 32.6. The summed E-state index contributed by atoms with van der Waals surface area (Å²) in [5.41, 5.74) is -0.928. The number of Topliss-reactive ketones (excluding diaryl/α,β-unsaturated/α-hetero) is 1. The minimum atomic E-state index is -1.36. The molecule has 0 unspecified atom stereocenters. The number of rotatable bonds is 9. The Kier molecular flexibility index (Phi) is 13.4. The van der Waals surface area contributed by atoms with E-state index in [0.717, 1.165) is 16.7 Å². The molecule has 4 aliphatic heterocycles. The van der Waals surface area contributed by atoms with Crippen molar-refractivity contribution in [2.24, 2.45) is 23.7 Å². The van der Waals surface area contributed by atoms with Gasteiger partial charge in [-0.25, -0.2) is 9.80 Å². The van der Waals surface area contributed by atoms with Gasteiger partial charge >= 0.3 is 12.1 Å². The molecule has 3 saturated heterocycles.